The van der Waals surface area contributed by atoms with Gasteiger partial charge in [-0.05, 0) is 55.8 Å². The van der Waals surface area contributed by atoms with E-state index in [2.05, 4.69) is 16.3 Å². The molecule has 1 heterocycles. The molecule has 6 nitrogen and oxygen atoms in total. The van der Waals surface area contributed by atoms with Crippen LogP contribution in [-0.4, -0.2) is 42.9 Å². The number of nitrogens with one attached hydrogen (secondary N) is 1. The van der Waals surface area contributed by atoms with Crippen LogP contribution in [0, 0.1) is 23.1 Å². The number of carbonyl (C=O) groups is 2. The van der Waals surface area contributed by atoms with E-state index in [0.717, 1.165) is 11.3 Å². The van der Waals surface area contributed by atoms with E-state index in [-0.39, 0.29) is 36.5 Å². The van der Waals surface area contributed by atoms with Gasteiger partial charge in [0.05, 0.1) is 19.0 Å². The summed E-state index contributed by atoms with van der Waals surface area (Å²) in [5.41, 5.74) is 1.65. The minimum atomic E-state index is -0.296. The molecular formula is C24H27FN4O2. The number of anilines is 1. The van der Waals surface area contributed by atoms with Crippen molar-refractivity contribution in [3.63, 3.8) is 0 Å². The summed E-state index contributed by atoms with van der Waals surface area (Å²) in [6.45, 7) is 2.34. The van der Waals surface area contributed by atoms with Gasteiger partial charge in [-0.1, -0.05) is 30.3 Å². The number of rotatable bonds is 8. The van der Waals surface area contributed by atoms with Crippen LogP contribution in [0.1, 0.15) is 24.8 Å². The summed E-state index contributed by atoms with van der Waals surface area (Å²) in [6.07, 6.45) is 1.65. The topological polar surface area (TPSA) is 76.4 Å². The third kappa shape index (κ3) is 6.63. The van der Waals surface area contributed by atoms with Crippen molar-refractivity contribution >= 4 is 17.5 Å². The number of likely N-dealkylation sites (tertiary alicyclic amines) is 1. The number of benzene rings is 2. The van der Waals surface area contributed by atoms with Crippen LogP contribution >= 0.6 is 0 Å². The molecule has 1 aliphatic rings. The molecule has 0 atom stereocenters. The lowest BCUT2D eigenvalue weighted by molar-refractivity contribution is -0.126. The monoisotopic (exact) mass is 422 g/mol. The standard InChI is InChI=1S/C24H27FN4O2/c25-21-9-7-19(8-10-21)17-27-24(31)20-11-15-28(16-12-20)18-23(30)29(14-4-13-26)22-5-2-1-3-6-22/h1-3,5-10,20H,4,11-12,14-18H2,(H,27,31). The van der Waals surface area contributed by atoms with E-state index in [1.165, 1.54) is 12.1 Å². The van der Waals surface area contributed by atoms with Crippen molar-refractivity contribution in [3.05, 3.63) is 66.0 Å². The lowest BCUT2D eigenvalue weighted by Gasteiger charge is -2.32. The van der Waals surface area contributed by atoms with Crippen molar-refractivity contribution in [2.75, 3.05) is 31.1 Å². The second-order valence-electron chi connectivity index (χ2n) is 7.68. The highest BCUT2D eigenvalue weighted by atomic mass is 19.1. The Hall–Kier alpha value is -3.24. The van der Waals surface area contributed by atoms with E-state index in [9.17, 15) is 14.0 Å². The van der Waals surface area contributed by atoms with Gasteiger partial charge >= 0.3 is 0 Å². The van der Waals surface area contributed by atoms with Crippen LogP contribution in [0.4, 0.5) is 10.1 Å². The van der Waals surface area contributed by atoms with Crippen LogP contribution in [0.2, 0.25) is 0 Å². The summed E-state index contributed by atoms with van der Waals surface area (Å²) in [5, 5.41) is 11.8. The van der Waals surface area contributed by atoms with Gasteiger partial charge in [-0.2, -0.15) is 5.26 Å². The predicted octanol–water partition coefficient (Wildman–Crippen LogP) is 3.10. The molecule has 0 saturated carbocycles. The highest BCUT2D eigenvalue weighted by Gasteiger charge is 2.27. The van der Waals surface area contributed by atoms with Gasteiger partial charge in [0, 0.05) is 24.7 Å². The molecule has 31 heavy (non-hydrogen) atoms. The van der Waals surface area contributed by atoms with Crippen molar-refractivity contribution < 1.29 is 14.0 Å². The van der Waals surface area contributed by atoms with Crippen LogP contribution in [0.15, 0.2) is 54.6 Å². The van der Waals surface area contributed by atoms with E-state index in [0.29, 0.717) is 39.0 Å². The van der Waals surface area contributed by atoms with Crippen LogP contribution in [0.5, 0.6) is 0 Å². The van der Waals surface area contributed by atoms with Crippen LogP contribution in [0.25, 0.3) is 0 Å². The molecule has 2 aromatic rings. The fourth-order valence-corrected chi connectivity index (χ4v) is 3.73. The first-order chi connectivity index (χ1) is 15.1. The first-order valence-corrected chi connectivity index (χ1v) is 10.5. The van der Waals surface area contributed by atoms with E-state index < -0.39 is 0 Å². The molecule has 2 aromatic carbocycles. The average molecular weight is 423 g/mol. The smallest absolute Gasteiger partial charge is 0.241 e. The van der Waals surface area contributed by atoms with E-state index >= 15 is 0 Å². The van der Waals surface area contributed by atoms with Gasteiger partial charge in [0.25, 0.3) is 0 Å². The second-order valence-corrected chi connectivity index (χ2v) is 7.68. The molecule has 3 rings (SSSR count). The number of hydrogen-bond acceptors (Lipinski definition) is 4. The van der Waals surface area contributed by atoms with Crippen molar-refractivity contribution in [3.8, 4) is 6.07 Å². The molecule has 0 radical (unpaired) electrons. The van der Waals surface area contributed by atoms with Crippen LogP contribution in [-0.2, 0) is 16.1 Å². The lowest BCUT2D eigenvalue weighted by Crippen LogP contribution is -2.46. The molecule has 0 unspecified atom stereocenters. The van der Waals surface area contributed by atoms with E-state index in [1.54, 1.807) is 17.0 Å². The zero-order chi connectivity index (χ0) is 22.1. The Bertz CT molecular complexity index is 903. The second kappa shape index (κ2) is 11.2. The molecule has 0 aliphatic carbocycles. The largest absolute Gasteiger partial charge is 0.352 e. The molecule has 0 bridgehead atoms. The number of nitriles is 1. The zero-order valence-electron chi connectivity index (χ0n) is 17.5. The van der Waals surface area contributed by atoms with Crippen LogP contribution in [0.3, 0.4) is 0 Å². The summed E-state index contributed by atoms with van der Waals surface area (Å²) in [6, 6.07) is 17.6. The summed E-state index contributed by atoms with van der Waals surface area (Å²) >= 11 is 0. The van der Waals surface area contributed by atoms with E-state index in [4.69, 9.17) is 5.26 Å². The third-order valence-electron chi connectivity index (χ3n) is 5.51. The van der Waals surface area contributed by atoms with E-state index in [1.807, 2.05) is 30.3 Å². The minimum Gasteiger partial charge on any atom is -0.352 e. The zero-order valence-corrected chi connectivity index (χ0v) is 17.5. The van der Waals surface area contributed by atoms with Gasteiger partial charge in [-0.3, -0.25) is 14.5 Å². The Labute approximate surface area is 182 Å². The SMILES string of the molecule is N#CCCN(C(=O)CN1CCC(C(=O)NCc2ccc(F)cc2)CC1)c1ccccc1. The normalized spacial score (nSPS) is 14.6. The fourth-order valence-electron chi connectivity index (χ4n) is 3.73. The van der Waals surface area contributed by atoms with Crippen molar-refractivity contribution in [2.45, 2.75) is 25.8 Å². The molecular weight excluding hydrogens is 395 g/mol. The van der Waals surface area contributed by atoms with Crippen LogP contribution < -0.4 is 10.2 Å². The number of para-hydroxylation sites is 1. The third-order valence-corrected chi connectivity index (χ3v) is 5.51. The number of hydrogen-bond donors (Lipinski definition) is 1. The molecule has 1 fully saturated rings. The maximum absolute atomic E-state index is 13.0. The Morgan fingerprint density at radius 2 is 1.77 bits per heavy atom. The summed E-state index contributed by atoms with van der Waals surface area (Å²) < 4.78 is 13.0. The molecule has 1 saturated heterocycles. The number of amides is 2. The molecule has 1 N–H and O–H groups in total. The van der Waals surface area contributed by atoms with Gasteiger partial charge in [-0.15, -0.1) is 0 Å². The van der Waals surface area contributed by atoms with Gasteiger partial charge in [-0.25, -0.2) is 4.39 Å². The summed E-state index contributed by atoms with van der Waals surface area (Å²) in [4.78, 5) is 29.1. The highest BCUT2D eigenvalue weighted by molar-refractivity contribution is 5.94. The Kier molecular flexibility index (Phi) is 8.13. The van der Waals surface area contributed by atoms with Crippen molar-refractivity contribution in [1.29, 1.82) is 5.26 Å². The molecule has 0 spiro atoms. The Morgan fingerprint density at radius 1 is 1.10 bits per heavy atom. The first kappa shape index (κ1) is 22.4. The Morgan fingerprint density at radius 3 is 2.42 bits per heavy atom. The lowest BCUT2D eigenvalue weighted by atomic mass is 9.95. The van der Waals surface area contributed by atoms with Crippen molar-refractivity contribution in [2.24, 2.45) is 5.92 Å². The highest BCUT2D eigenvalue weighted by Crippen LogP contribution is 2.19. The number of halogens is 1. The Balaban J connectivity index is 1.47. The summed E-state index contributed by atoms with van der Waals surface area (Å²) in [7, 11) is 0. The number of carbonyl (C=O) groups excluding carboxylic acids is 2. The molecule has 0 aromatic heterocycles. The first-order valence-electron chi connectivity index (χ1n) is 10.5. The van der Waals surface area contributed by atoms with Gasteiger partial charge in [0.2, 0.25) is 11.8 Å². The maximum Gasteiger partial charge on any atom is 0.241 e. The summed E-state index contributed by atoms with van der Waals surface area (Å²) in [5.74, 6) is -0.429. The molecule has 1 aliphatic heterocycles. The van der Waals surface area contributed by atoms with Gasteiger partial charge in [0.15, 0.2) is 0 Å². The fraction of sp³-hybridized carbons (Fsp3) is 0.375. The average Bonchev–Trinajstić information content (AvgIpc) is 2.80. The van der Waals surface area contributed by atoms with Crippen molar-refractivity contribution in [1.82, 2.24) is 10.2 Å². The number of piperidine rings is 1. The molecule has 162 valence electrons. The minimum absolute atomic E-state index is 0.00441. The molecule has 7 heteroatoms. The predicted molar refractivity (Wildman–Crippen MR) is 116 cm³/mol. The van der Waals surface area contributed by atoms with Gasteiger partial charge in [0.1, 0.15) is 5.82 Å². The maximum atomic E-state index is 13.0. The number of nitrogens with zero attached hydrogens (tertiary/aromatic N) is 3. The molecule has 2 amide bonds. The quantitative estimate of drug-likeness (QED) is 0.709. The van der Waals surface area contributed by atoms with Gasteiger partial charge < -0.3 is 10.2 Å².